The average molecular weight is 392 g/mol. The predicted molar refractivity (Wildman–Crippen MR) is 108 cm³/mol. The minimum absolute atomic E-state index is 0.133. The monoisotopic (exact) mass is 392 g/mol. The quantitative estimate of drug-likeness (QED) is 0.315. The molecule has 0 amide bonds. The number of hydrogen-bond donors (Lipinski definition) is 1. The molecule has 0 radical (unpaired) electrons. The zero-order chi connectivity index (χ0) is 21.6. The van der Waals surface area contributed by atoms with Gasteiger partial charge in [0.2, 0.25) is 0 Å². The van der Waals surface area contributed by atoms with Crippen LogP contribution in [0, 0.1) is 46.3 Å². The molecular weight excluding hydrogens is 380 g/mol. The summed E-state index contributed by atoms with van der Waals surface area (Å²) in [5, 5.41) is 36.4. The number of aliphatic hydroxyl groups excluding tert-OH is 1. The third-order valence-electron chi connectivity index (χ3n) is 3.39. The van der Waals surface area contributed by atoms with Crippen LogP contribution in [0.5, 0.6) is 0 Å². The highest BCUT2D eigenvalue weighted by atomic mass is 16.3. The SMILES string of the molecule is N#CC#Cc1ccc(-n2cc(CO)nn2)cc1.N#CC#Cc1ccc(N=[N+]=[N-])cc1. The van der Waals surface area contributed by atoms with Crippen molar-refractivity contribution >= 4 is 5.69 Å². The van der Waals surface area contributed by atoms with E-state index in [4.69, 9.17) is 21.2 Å². The average Bonchev–Trinajstić information content (AvgIpc) is 3.28. The third-order valence-corrected chi connectivity index (χ3v) is 3.39. The van der Waals surface area contributed by atoms with E-state index in [-0.39, 0.29) is 6.61 Å². The molecule has 3 aromatic rings. The van der Waals surface area contributed by atoms with Crippen molar-refractivity contribution in [1.29, 1.82) is 10.5 Å². The van der Waals surface area contributed by atoms with E-state index in [1.807, 2.05) is 12.1 Å². The summed E-state index contributed by atoms with van der Waals surface area (Å²) in [6.07, 6.45) is 1.65. The number of aliphatic hydroxyl groups is 1. The molecule has 0 unspecified atom stereocenters. The molecule has 0 aliphatic heterocycles. The van der Waals surface area contributed by atoms with E-state index in [1.54, 1.807) is 59.4 Å². The van der Waals surface area contributed by atoms with Crippen molar-refractivity contribution in [3.63, 3.8) is 0 Å². The zero-order valence-electron chi connectivity index (χ0n) is 15.4. The molecule has 9 nitrogen and oxygen atoms in total. The maximum Gasteiger partial charge on any atom is 0.152 e. The largest absolute Gasteiger partial charge is 0.390 e. The van der Waals surface area contributed by atoms with E-state index in [9.17, 15) is 0 Å². The Bertz CT molecular complexity index is 1250. The normalized spacial score (nSPS) is 8.37. The Balaban J connectivity index is 0.000000222. The summed E-state index contributed by atoms with van der Waals surface area (Å²) in [7, 11) is 0. The highest BCUT2D eigenvalue weighted by Crippen LogP contribution is 2.12. The summed E-state index contributed by atoms with van der Waals surface area (Å²) >= 11 is 0. The summed E-state index contributed by atoms with van der Waals surface area (Å²) in [5.74, 6) is 9.90. The molecule has 0 fully saturated rings. The lowest BCUT2D eigenvalue weighted by molar-refractivity contribution is 0.276. The van der Waals surface area contributed by atoms with Gasteiger partial charge in [-0.1, -0.05) is 34.3 Å². The lowest BCUT2D eigenvalue weighted by Crippen LogP contribution is -1.94. The van der Waals surface area contributed by atoms with Gasteiger partial charge in [0, 0.05) is 33.6 Å². The summed E-state index contributed by atoms with van der Waals surface area (Å²) in [5.41, 5.74) is 11.5. The van der Waals surface area contributed by atoms with Crippen LogP contribution in [-0.2, 0) is 6.61 Å². The molecular formula is C21H12N8O. The van der Waals surface area contributed by atoms with Gasteiger partial charge < -0.3 is 5.11 Å². The summed E-state index contributed by atoms with van der Waals surface area (Å²) in [6.45, 7) is -0.133. The molecule has 1 heterocycles. The van der Waals surface area contributed by atoms with Crippen LogP contribution < -0.4 is 0 Å². The van der Waals surface area contributed by atoms with E-state index in [0.717, 1.165) is 16.8 Å². The van der Waals surface area contributed by atoms with Crippen LogP contribution >= 0.6 is 0 Å². The van der Waals surface area contributed by atoms with E-state index < -0.39 is 0 Å². The molecule has 0 spiro atoms. The molecule has 0 bridgehead atoms. The summed E-state index contributed by atoms with van der Waals surface area (Å²) in [4.78, 5) is 2.63. The first kappa shape index (κ1) is 21.3. The number of hydrogen-bond acceptors (Lipinski definition) is 6. The number of azide groups is 1. The van der Waals surface area contributed by atoms with Crippen molar-refractivity contribution in [3.8, 4) is 41.5 Å². The second-order valence-corrected chi connectivity index (χ2v) is 5.32. The molecule has 142 valence electrons. The molecule has 0 atom stereocenters. The summed E-state index contributed by atoms with van der Waals surface area (Å²) in [6, 6.07) is 17.3. The third kappa shape index (κ3) is 6.59. The maximum atomic E-state index is 8.87. The van der Waals surface area contributed by atoms with E-state index >= 15 is 0 Å². The van der Waals surface area contributed by atoms with Gasteiger partial charge >= 0.3 is 0 Å². The second kappa shape index (κ2) is 11.6. The molecule has 9 heteroatoms. The van der Waals surface area contributed by atoms with E-state index in [2.05, 4.69) is 44.0 Å². The molecule has 1 aromatic heterocycles. The van der Waals surface area contributed by atoms with Gasteiger partial charge in [-0.15, -0.1) is 5.10 Å². The van der Waals surface area contributed by atoms with Crippen molar-refractivity contribution in [1.82, 2.24) is 15.0 Å². The molecule has 1 N–H and O–H groups in total. The van der Waals surface area contributed by atoms with Gasteiger partial charge in [0.25, 0.3) is 0 Å². The van der Waals surface area contributed by atoms with Gasteiger partial charge in [0.05, 0.1) is 18.5 Å². The number of rotatable bonds is 3. The van der Waals surface area contributed by atoms with Crippen LogP contribution in [0.4, 0.5) is 5.69 Å². The first-order chi connectivity index (χ1) is 14.7. The predicted octanol–water partition coefficient (Wildman–Crippen LogP) is 3.14. The standard InChI is InChI=1S/C12H8N4O.C9H4N4/c13-7-1-2-10-3-5-12(6-4-10)16-8-11(9-17)14-15-16;10-7-1-2-8-3-5-9(6-4-8)12-13-11/h3-6,8,17H,9H2;3-6H. The number of nitriles is 2. The van der Waals surface area contributed by atoms with Crippen LogP contribution in [0.3, 0.4) is 0 Å². The molecule has 0 aliphatic rings. The maximum absolute atomic E-state index is 8.87. The van der Waals surface area contributed by atoms with Crippen molar-refractivity contribution < 1.29 is 5.11 Å². The zero-order valence-corrected chi connectivity index (χ0v) is 15.4. The number of benzene rings is 2. The minimum atomic E-state index is -0.133. The number of aromatic nitrogens is 3. The van der Waals surface area contributed by atoms with Crippen LogP contribution in [0.2, 0.25) is 0 Å². The van der Waals surface area contributed by atoms with Crippen LogP contribution in [0.15, 0.2) is 59.8 Å². The van der Waals surface area contributed by atoms with Gasteiger partial charge in [0.15, 0.2) is 12.1 Å². The van der Waals surface area contributed by atoms with Gasteiger partial charge in [-0.3, -0.25) is 0 Å². The molecule has 0 aliphatic carbocycles. The number of nitrogens with zero attached hydrogens (tertiary/aromatic N) is 8. The Morgan fingerprint density at radius 3 is 2.00 bits per heavy atom. The topological polar surface area (TPSA) is 147 Å². The van der Waals surface area contributed by atoms with Gasteiger partial charge in [-0.25, -0.2) is 4.68 Å². The van der Waals surface area contributed by atoms with Gasteiger partial charge in [0.1, 0.15) is 5.69 Å². The lowest BCUT2D eigenvalue weighted by atomic mass is 10.2. The van der Waals surface area contributed by atoms with E-state index in [1.165, 1.54) is 0 Å². The van der Waals surface area contributed by atoms with E-state index in [0.29, 0.717) is 11.4 Å². The van der Waals surface area contributed by atoms with Crippen molar-refractivity contribution in [2.75, 3.05) is 0 Å². The van der Waals surface area contributed by atoms with Gasteiger partial charge in [-0.05, 0) is 41.9 Å². The first-order valence-electron chi connectivity index (χ1n) is 8.28. The fourth-order valence-electron chi connectivity index (χ4n) is 2.06. The smallest absolute Gasteiger partial charge is 0.152 e. The Morgan fingerprint density at radius 2 is 1.53 bits per heavy atom. The summed E-state index contributed by atoms with van der Waals surface area (Å²) < 4.78 is 1.56. The molecule has 0 saturated heterocycles. The Hall–Kier alpha value is -5.05. The minimum Gasteiger partial charge on any atom is -0.390 e. The second-order valence-electron chi connectivity index (χ2n) is 5.32. The molecule has 2 aromatic carbocycles. The molecule has 30 heavy (non-hydrogen) atoms. The fraction of sp³-hybridized carbons (Fsp3) is 0.0476. The van der Waals surface area contributed by atoms with Crippen LogP contribution in [0.1, 0.15) is 16.8 Å². The highest BCUT2D eigenvalue weighted by molar-refractivity contribution is 5.45. The Labute approximate surface area is 172 Å². The molecule has 0 saturated carbocycles. The highest BCUT2D eigenvalue weighted by Gasteiger charge is 2.01. The van der Waals surface area contributed by atoms with Crippen molar-refractivity contribution in [2.24, 2.45) is 5.11 Å². The van der Waals surface area contributed by atoms with Crippen molar-refractivity contribution in [3.05, 3.63) is 82.0 Å². The van der Waals surface area contributed by atoms with Gasteiger partial charge in [-0.2, -0.15) is 10.5 Å². The fourth-order valence-corrected chi connectivity index (χ4v) is 2.06. The Morgan fingerprint density at radius 1 is 0.967 bits per heavy atom. The molecule has 3 rings (SSSR count). The van der Waals surface area contributed by atoms with Crippen LogP contribution in [0.25, 0.3) is 16.1 Å². The Kier molecular flexibility index (Phi) is 8.23. The lowest BCUT2D eigenvalue weighted by Gasteiger charge is -1.98. The van der Waals surface area contributed by atoms with Crippen molar-refractivity contribution in [2.45, 2.75) is 6.61 Å². The first-order valence-corrected chi connectivity index (χ1v) is 8.28. The van der Waals surface area contributed by atoms with Crippen LogP contribution in [-0.4, -0.2) is 20.1 Å².